The third kappa shape index (κ3) is 3.24. The standard InChI is InChI=1S/C20H17N3O2S/c21-10-14-3-1-2-4-18(14)26-23-11-15-6-5-13(9-16(15)12-23)17-7-8-19(24)22-20(17)25/h1-6,9,17H,7-8,11-12H2,(H,22,24,25). The number of hydrogen-bond acceptors (Lipinski definition) is 5. The van der Waals surface area contributed by atoms with Crippen LogP contribution in [0, 0.1) is 11.3 Å². The summed E-state index contributed by atoms with van der Waals surface area (Å²) in [5.41, 5.74) is 4.09. The van der Waals surface area contributed by atoms with E-state index >= 15 is 0 Å². The lowest BCUT2D eigenvalue weighted by Gasteiger charge is -2.21. The van der Waals surface area contributed by atoms with Crippen LogP contribution in [0.4, 0.5) is 0 Å². The number of nitrogens with one attached hydrogen (secondary N) is 1. The van der Waals surface area contributed by atoms with E-state index in [2.05, 4.69) is 27.8 Å². The molecule has 0 saturated carbocycles. The molecule has 26 heavy (non-hydrogen) atoms. The Hall–Kier alpha value is -2.62. The molecule has 2 amide bonds. The van der Waals surface area contributed by atoms with Gasteiger partial charge in [-0.2, -0.15) is 5.26 Å². The Morgan fingerprint density at radius 3 is 2.73 bits per heavy atom. The van der Waals surface area contributed by atoms with Gasteiger partial charge in [0.25, 0.3) is 0 Å². The van der Waals surface area contributed by atoms with Crippen LogP contribution in [0.15, 0.2) is 47.4 Å². The largest absolute Gasteiger partial charge is 0.296 e. The van der Waals surface area contributed by atoms with Crippen molar-refractivity contribution in [2.45, 2.75) is 36.7 Å². The maximum absolute atomic E-state index is 12.1. The van der Waals surface area contributed by atoms with Gasteiger partial charge in [-0.15, -0.1) is 0 Å². The van der Waals surface area contributed by atoms with Crippen molar-refractivity contribution in [1.29, 1.82) is 5.26 Å². The first-order valence-electron chi connectivity index (χ1n) is 8.51. The predicted octanol–water partition coefficient (Wildman–Crippen LogP) is 3.10. The molecule has 0 spiro atoms. The van der Waals surface area contributed by atoms with Gasteiger partial charge in [-0.05, 0) is 47.2 Å². The maximum Gasteiger partial charge on any atom is 0.234 e. The molecule has 0 bridgehead atoms. The normalized spacial score (nSPS) is 19.7. The SMILES string of the molecule is N#Cc1ccccc1SN1Cc2ccc(C3CCC(=O)NC3=O)cc2C1. The Labute approximate surface area is 156 Å². The summed E-state index contributed by atoms with van der Waals surface area (Å²) in [6.45, 7) is 1.57. The molecular weight excluding hydrogens is 346 g/mol. The topological polar surface area (TPSA) is 73.2 Å². The molecule has 0 aromatic heterocycles. The molecule has 2 heterocycles. The molecule has 1 N–H and O–H groups in total. The van der Waals surface area contributed by atoms with Gasteiger partial charge in [0.2, 0.25) is 11.8 Å². The Morgan fingerprint density at radius 1 is 1.12 bits per heavy atom. The third-order valence-corrected chi connectivity index (χ3v) is 5.87. The van der Waals surface area contributed by atoms with Gasteiger partial charge in [-0.25, -0.2) is 4.31 Å². The highest BCUT2D eigenvalue weighted by atomic mass is 32.2. The number of imide groups is 1. The minimum Gasteiger partial charge on any atom is -0.296 e. The quantitative estimate of drug-likeness (QED) is 0.670. The highest BCUT2D eigenvalue weighted by Crippen LogP contribution is 2.36. The van der Waals surface area contributed by atoms with Crippen molar-refractivity contribution in [2.75, 3.05) is 0 Å². The molecule has 2 aromatic carbocycles. The smallest absolute Gasteiger partial charge is 0.234 e. The number of fused-ring (bicyclic) bond motifs is 1. The first-order valence-corrected chi connectivity index (χ1v) is 9.29. The molecule has 4 rings (SSSR count). The van der Waals surface area contributed by atoms with Gasteiger partial charge < -0.3 is 0 Å². The van der Waals surface area contributed by atoms with E-state index in [-0.39, 0.29) is 17.7 Å². The van der Waals surface area contributed by atoms with E-state index in [0.717, 1.165) is 23.5 Å². The van der Waals surface area contributed by atoms with Crippen LogP contribution in [0.25, 0.3) is 0 Å². The van der Waals surface area contributed by atoms with Gasteiger partial charge in [-0.3, -0.25) is 14.9 Å². The summed E-state index contributed by atoms with van der Waals surface area (Å²) < 4.78 is 2.22. The highest BCUT2D eigenvalue weighted by molar-refractivity contribution is 7.97. The zero-order chi connectivity index (χ0) is 18.1. The van der Waals surface area contributed by atoms with Crippen molar-refractivity contribution < 1.29 is 9.59 Å². The minimum absolute atomic E-state index is 0.189. The second-order valence-corrected chi connectivity index (χ2v) is 7.67. The average Bonchev–Trinajstić information content (AvgIpc) is 3.03. The number of benzene rings is 2. The van der Waals surface area contributed by atoms with E-state index in [1.807, 2.05) is 30.3 Å². The van der Waals surface area contributed by atoms with Crippen molar-refractivity contribution in [3.05, 3.63) is 64.7 Å². The predicted molar refractivity (Wildman–Crippen MR) is 97.8 cm³/mol. The fourth-order valence-electron chi connectivity index (χ4n) is 3.45. The Kier molecular flexibility index (Phi) is 4.49. The number of rotatable bonds is 3. The third-order valence-electron chi connectivity index (χ3n) is 4.80. The number of nitrogens with zero attached hydrogens (tertiary/aromatic N) is 2. The molecule has 2 aromatic rings. The Bertz CT molecular complexity index is 935. The van der Waals surface area contributed by atoms with Gasteiger partial charge in [-0.1, -0.05) is 30.3 Å². The summed E-state index contributed by atoms with van der Waals surface area (Å²) >= 11 is 1.59. The van der Waals surface area contributed by atoms with E-state index in [1.54, 1.807) is 11.9 Å². The van der Waals surface area contributed by atoms with Crippen LogP contribution < -0.4 is 5.32 Å². The number of carbonyl (C=O) groups excluding carboxylic acids is 2. The van der Waals surface area contributed by atoms with Crippen LogP contribution in [0.5, 0.6) is 0 Å². The summed E-state index contributed by atoms with van der Waals surface area (Å²) in [7, 11) is 0. The van der Waals surface area contributed by atoms with E-state index in [4.69, 9.17) is 0 Å². The van der Waals surface area contributed by atoms with Crippen molar-refractivity contribution in [1.82, 2.24) is 9.62 Å². The lowest BCUT2D eigenvalue weighted by atomic mass is 9.89. The summed E-state index contributed by atoms with van der Waals surface area (Å²) in [6, 6.07) is 16.0. The monoisotopic (exact) mass is 363 g/mol. The molecule has 0 radical (unpaired) electrons. The van der Waals surface area contributed by atoms with E-state index in [0.29, 0.717) is 18.4 Å². The molecule has 1 saturated heterocycles. The zero-order valence-corrected chi connectivity index (χ0v) is 14.9. The van der Waals surface area contributed by atoms with Gasteiger partial charge in [0, 0.05) is 24.4 Å². The second-order valence-electron chi connectivity index (χ2n) is 6.53. The first-order chi connectivity index (χ1) is 12.6. The first kappa shape index (κ1) is 16.8. The van der Waals surface area contributed by atoms with Crippen molar-refractivity contribution in [3.63, 3.8) is 0 Å². The fourth-order valence-corrected chi connectivity index (χ4v) is 4.49. The lowest BCUT2D eigenvalue weighted by molar-refractivity contribution is -0.134. The summed E-state index contributed by atoms with van der Waals surface area (Å²) in [5.74, 6) is -0.640. The molecule has 5 nitrogen and oxygen atoms in total. The maximum atomic E-state index is 12.1. The molecule has 130 valence electrons. The number of nitriles is 1. The zero-order valence-electron chi connectivity index (χ0n) is 14.1. The van der Waals surface area contributed by atoms with Gasteiger partial charge >= 0.3 is 0 Å². The second kappa shape index (κ2) is 6.94. The molecule has 6 heteroatoms. The molecule has 1 unspecified atom stereocenters. The van der Waals surface area contributed by atoms with Crippen molar-refractivity contribution in [3.8, 4) is 6.07 Å². The van der Waals surface area contributed by atoms with Crippen LogP contribution in [0.3, 0.4) is 0 Å². The van der Waals surface area contributed by atoms with Gasteiger partial charge in [0.1, 0.15) is 6.07 Å². The van der Waals surface area contributed by atoms with Gasteiger partial charge in [0.05, 0.1) is 11.5 Å². The van der Waals surface area contributed by atoms with Crippen molar-refractivity contribution >= 4 is 23.8 Å². The summed E-state index contributed by atoms with van der Waals surface area (Å²) in [6.07, 6.45) is 0.956. The van der Waals surface area contributed by atoms with Crippen LogP contribution in [-0.4, -0.2) is 16.1 Å². The van der Waals surface area contributed by atoms with E-state index < -0.39 is 0 Å². The number of carbonyl (C=O) groups is 2. The number of piperidine rings is 1. The molecule has 2 aliphatic rings. The average molecular weight is 363 g/mol. The fraction of sp³-hybridized carbons (Fsp3) is 0.250. The molecule has 2 aliphatic heterocycles. The minimum atomic E-state index is -0.251. The van der Waals surface area contributed by atoms with Crippen LogP contribution >= 0.6 is 11.9 Å². The Balaban J connectivity index is 1.50. The van der Waals surface area contributed by atoms with Gasteiger partial charge in [0.15, 0.2) is 0 Å². The molecule has 1 atom stereocenters. The molecule has 1 fully saturated rings. The van der Waals surface area contributed by atoms with E-state index in [1.165, 1.54) is 11.1 Å². The highest BCUT2D eigenvalue weighted by Gasteiger charge is 2.29. The van der Waals surface area contributed by atoms with Crippen LogP contribution in [-0.2, 0) is 22.7 Å². The Morgan fingerprint density at radius 2 is 1.92 bits per heavy atom. The lowest BCUT2D eigenvalue weighted by Crippen LogP contribution is -2.39. The summed E-state index contributed by atoms with van der Waals surface area (Å²) in [5, 5.41) is 11.7. The van der Waals surface area contributed by atoms with Crippen molar-refractivity contribution in [2.24, 2.45) is 0 Å². The molecule has 0 aliphatic carbocycles. The summed E-state index contributed by atoms with van der Waals surface area (Å²) in [4.78, 5) is 24.4. The number of hydrogen-bond donors (Lipinski definition) is 1. The van der Waals surface area contributed by atoms with Crippen LogP contribution in [0.2, 0.25) is 0 Å². The molecular formula is C20H17N3O2S. The van der Waals surface area contributed by atoms with E-state index in [9.17, 15) is 14.9 Å². The van der Waals surface area contributed by atoms with Crippen LogP contribution in [0.1, 0.15) is 41.0 Å². The number of amides is 2.